The van der Waals surface area contributed by atoms with E-state index in [1.54, 1.807) is 23.1 Å². The molecule has 1 saturated heterocycles. The summed E-state index contributed by atoms with van der Waals surface area (Å²) in [6, 6.07) is 6.28. The Morgan fingerprint density at radius 1 is 1.24 bits per heavy atom. The molecule has 0 unspecified atom stereocenters. The zero-order chi connectivity index (χ0) is 17.8. The Bertz CT molecular complexity index is 676. The molecule has 2 atom stereocenters. The first-order chi connectivity index (χ1) is 12.1. The van der Waals surface area contributed by atoms with Crippen LogP contribution < -0.4 is 5.32 Å². The quantitative estimate of drug-likeness (QED) is 0.654. The van der Waals surface area contributed by atoms with Crippen LogP contribution in [0.25, 0.3) is 0 Å². The van der Waals surface area contributed by atoms with Gasteiger partial charge in [-0.05, 0) is 31.7 Å². The van der Waals surface area contributed by atoms with Gasteiger partial charge in [0.25, 0.3) is 5.69 Å². The largest absolute Gasteiger partial charge is 0.371 e. The van der Waals surface area contributed by atoms with Crippen molar-refractivity contribution in [3.05, 3.63) is 34.4 Å². The number of nitro benzene ring substituents is 1. The lowest BCUT2D eigenvalue weighted by atomic mass is 9.82. The molecule has 0 aromatic heterocycles. The Morgan fingerprint density at radius 3 is 2.80 bits per heavy atom. The van der Waals surface area contributed by atoms with Crippen LogP contribution in [0.15, 0.2) is 24.3 Å². The number of carbonyl (C=O) groups is 2. The Hall–Kier alpha value is -2.44. The van der Waals surface area contributed by atoms with Crippen LogP contribution in [0.4, 0.5) is 11.4 Å². The first-order valence-electron chi connectivity index (χ1n) is 8.87. The fourth-order valence-corrected chi connectivity index (χ4v) is 3.99. The van der Waals surface area contributed by atoms with Gasteiger partial charge >= 0.3 is 0 Å². The highest BCUT2D eigenvalue weighted by Gasteiger charge is 2.38. The van der Waals surface area contributed by atoms with Crippen LogP contribution in [0, 0.1) is 16.0 Å². The third-order valence-electron chi connectivity index (χ3n) is 5.22. The number of carbonyl (C=O) groups excluding carboxylic acids is 2. The van der Waals surface area contributed by atoms with Gasteiger partial charge in [0.05, 0.1) is 11.5 Å². The average Bonchev–Trinajstić information content (AvgIpc) is 3.09. The number of hydrogen-bond acceptors (Lipinski definition) is 5. The maximum atomic E-state index is 12.6. The fraction of sp³-hybridized carbons (Fsp3) is 0.556. The van der Waals surface area contributed by atoms with E-state index in [1.807, 2.05) is 0 Å². The van der Waals surface area contributed by atoms with Gasteiger partial charge in [-0.25, -0.2) is 0 Å². The Labute approximate surface area is 146 Å². The van der Waals surface area contributed by atoms with Crippen molar-refractivity contribution in [2.45, 2.75) is 44.6 Å². The highest BCUT2D eigenvalue weighted by molar-refractivity contribution is 5.85. The Kier molecular flexibility index (Phi) is 5.31. The monoisotopic (exact) mass is 345 g/mol. The van der Waals surface area contributed by atoms with Crippen molar-refractivity contribution >= 4 is 23.1 Å². The summed E-state index contributed by atoms with van der Waals surface area (Å²) < 4.78 is 0. The number of amides is 1. The van der Waals surface area contributed by atoms with Gasteiger partial charge in [-0.15, -0.1) is 0 Å². The number of nitrogens with zero attached hydrogens (tertiary/aromatic N) is 2. The van der Waals surface area contributed by atoms with Gasteiger partial charge in [0.2, 0.25) is 5.91 Å². The normalized spacial score (nSPS) is 23.5. The van der Waals surface area contributed by atoms with Crippen LogP contribution in [0.1, 0.15) is 38.5 Å². The summed E-state index contributed by atoms with van der Waals surface area (Å²) in [5.74, 6) is 0.146. The van der Waals surface area contributed by atoms with E-state index < -0.39 is 4.92 Å². The minimum Gasteiger partial charge on any atom is -0.371 e. The molecule has 0 bridgehead atoms. The molecular formula is C18H23N3O4. The molecular weight excluding hydrogens is 322 g/mol. The molecule has 25 heavy (non-hydrogen) atoms. The summed E-state index contributed by atoms with van der Waals surface area (Å²) in [4.78, 5) is 37.2. The lowest BCUT2D eigenvalue weighted by Gasteiger charge is -2.33. The second-order valence-electron chi connectivity index (χ2n) is 6.74. The summed E-state index contributed by atoms with van der Waals surface area (Å²) in [6.07, 6.45) is 5.26. The summed E-state index contributed by atoms with van der Waals surface area (Å²) in [5, 5.41) is 13.9. The molecule has 2 aliphatic rings. The molecule has 1 amide bonds. The smallest absolute Gasteiger partial charge is 0.292 e. The number of rotatable bonds is 5. The van der Waals surface area contributed by atoms with Crippen molar-refractivity contribution in [1.82, 2.24) is 4.90 Å². The van der Waals surface area contributed by atoms with E-state index >= 15 is 0 Å². The van der Waals surface area contributed by atoms with E-state index in [9.17, 15) is 19.7 Å². The molecule has 1 aromatic rings. The van der Waals surface area contributed by atoms with Crippen LogP contribution in [-0.2, 0) is 9.59 Å². The summed E-state index contributed by atoms with van der Waals surface area (Å²) >= 11 is 0. The highest BCUT2D eigenvalue weighted by atomic mass is 16.6. The lowest BCUT2D eigenvalue weighted by Crippen LogP contribution is -2.45. The van der Waals surface area contributed by atoms with Gasteiger partial charge in [-0.1, -0.05) is 18.6 Å². The molecule has 1 N–H and O–H groups in total. The van der Waals surface area contributed by atoms with Crippen LogP contribution in [-0.4, -0.2) is 40.6 Å². The molecule has 0 radical (unpaired) electrons. The van der Waals surface area contributed by atoms with E-state index in [0.717, 1.165) is 32.1 Å². The van der Waals surface area contributed by atoms with Crippen LogP contribution in [0.2, 0.25) is 0 Å². The second-order valence-corrected chi connectivity index (χ2v) is 6.74. The first kappa shape index (κ1) is 17.4. The number of para-hydroxylation sites is 2. The number of hydrogen-bond donors (Lipinski definition) is 1. The summed E-state index contributed by atoms with van der Waals surface area (Å²) in [6.45, 7) is 0.661. The zero-order valence-corrected chi connectivity index (χ0v) is 14.1. The molecule has 7 nitrogen and oxygen atoms in total. The van der Waals surface area contributed by atoms with E-state index in [1.165, 1.54) is 6.07 Å². The van der Waals surface area contributed by atoms with E-state index in [4.69, 9.17) is 0 Å². The maximum Gasteiger partial charge on any atom is 0.292 e. The number of Topliss-reactive ketones (excluding diaryl/α,β-unsaturated/α-hetero) is 1. The molecule has 7 heteroatoms. The van der Waals surface area contributed by atoms with Crippen LogP contribution in [0.3, 0.4) is 0 Å². The zero-order valence-electron chi connectivity index (χ0n) is 14.1. The molecule has 0 spiro atoms. The number of anilines is 1. The average molecular weight is 345 g/mol. The summed E-state index contributed by atoms with van der Waals surface area (Å²) in [7, 11) is 0. The van der Waals surface area contributed by atoms with Crippen molar-refractivity contribution < 1.29 is 14.5 Å². The minimum absolute atomic E-state index is 0.00225. The van der Waals surface area contributed by atoms with Gasteiger partial charge in [0.1, 0.15) is 11.5 Å². The molecule has 1 aliphatic carbocycles. The van der Waals surface area contributed by atoms with E-state index in [0.29, 0.717) is 18.7 Å². The predicted octanol–water partition coefficient (Wildman–Crippen LogP) is 2.76. The molecule has 2 fully saturated rings. The van der Waals surface area contributed by atoms with Crippen molar-refractivity contribution in [1.29, 1.82) is 0 Å². The second kappa shape index (κ2) is 7.63. The molecule has 134 valence electrons. The maximum absolute atomic E-state index is 12.6. The molecule has 1 aliphatic heterocycles. The van der Waals surface area contributed by atoms with Gasteiger partial charge in [0.15, 0.2) is 0 Å². The van der Waals surface area contributed by atoms with Gasteiger partial charge < -0.3 is 10.2 Å². The highest BCUT2D eigenvalue weighted by Crippen LogP contribution is 2.32. The first-order valence-corrected chi connectivity index (χ1v) is 8.87. The van der Waals surface area contributed by atoms with Crippen molar-refractivity contribution in [2.75, 3.05) is 18.4 Å². The third kappa shape index (κ3) is 3.81. The molecule has 1 aromatic carbocycles. The van der Waals surface area contributed by atoms with Crippen molar-refractivity contribution in [3.8, 4) is 0 Å². The lowest BCUT2D eigenvalue weighted by molar-refractivity contribution is -0.383. The van der Waals surface area contributed by atoms with Crippen LogP contribution in [0.5, 0.6) is 0 Å². The third-order valence-corrected chi connectivity index (χ3v) is 5.22. The number of benzene rings is 1. The van der Waals surface area contributed by atoms with Crippen molar-refractivity contribution in [3.63, 3.8) is 0 Å². The molecule has 1 heterocycles. The van der Waals surface area contributed by atoms with Gasteiger partial charge in [-0.3, -0.25) is 19.7 Å². The van der Waals surface area contributed by atoms with Crippen LogP contribution >= 0.6 is 0 Å². The SMILES string of the molecule is O=C1CCCC[C@H]1[C@@H]1CCCN1C(=O)CNc1ccccc1[N+](=O)[O-]. The predicted molar refractivity (Wildman–Crippen MR) is 93.3 cm³/mol. The standard InChI is InChI=1S/C18H23N3O4/c22-17-10-4-1-6-13(17)15-9-5-11-20(15)18(23)12-19-14-7-2-3-8-16(14)21(24)25/h2-3,7-8,13,15,19H,1,4-6,9-12H2/t13-,15-/m0/s1. The summed E-state index contributed by atoms with van der Waals surface area (Å²) in [5.41, 5.74) is 0.293. The van der Waals surface area contributed by atoms with Gasteiger partial charge in [0, 0.05) is 31.0 Å². The van der Waals surface area contributed by atoms with Gasteiger partial charge in [-0.2, -0.15) is 0 Å². The van der Waals surface area contributed by atoms with E-state index in [-0.39, 0.29) is 35.9 Å². The number of likely N-dealkylation sites (tertiary alicyclic amines) is 1. The fourth-order valence-electron chi connectivity index (χ4n) is 3.99. The Balaban J connectivity index is 1.64. The minimum atomic E-state index is -0.466. The number of ketones is 1. The number of nitro groups is 1. The number of nitrogens with one attached hydrogen (secondary N) is 1. The van der Waals surface area contributed by atoms with E-state index in [2.05, 4.69) is 5.32 Å². The topological polar surface area (TPSA) is 92.6 Å². The Morgan fingerprint density at radius 2 is 2.04 bits per heavy atom. The molecule has 3 rings (SSSR count). The van der Waals surface area contributed by atoms with Crippen molar-refractivity contribution in [2.24, 2.45) is 5.92 Å². The molecule has 1 saturated carbocycles.